The van der Waals surface area contributed by atoms with Crippen LogP contribution < -0.4 is 0 Å². The normalized spacial score (nSPS) is 38.2. The van der Waals surface area contributed by atoms with Gasteiger partial charge in [0.2, 0.25) is 0 Å². The number of hydrogen-bond donors (Lipinski definition) is 1. The van der Waals surface area contributed by atoms with E-state index in [-0.39, 0.29) is 12.7 Å². The van der Waals surface area contributed by atoms with E-state index in [1.807, 2.05) is 6.92 Å². The monoisotopic (exact) mass is 116 g/mol. The van der Waals surface area contributed by atoms with Crippen LogP contribution in [0.1, 0.15) is 13.3 Å². The van der Waals surface area contributed by atoms with Crippen LogP contribution in [0.2, 0.25) is 0 Å². The summed E-state index contributed by atoms with van der Waals surface area (Å²) in [6, 6.07) is 0. The van der Waals surface area contributed by atoms with Gasteiger partial charge in [-0.2, -0.15) is 0 Å². The number of aliphatic hydroxyl groups excluding tert-OH is 1. The second kappa shape index (κ2) is 2.46. The summed E-state index contributed by atoms with van der Waals surface area (Å²) in [7, 11) is 0. The van der Waals surface area contributed by atoms with Crippen molar-refractivity contribution in [2.45, 2.75) is 19.4 Å². The topological polar surface area (TPSA) is 29.5 Å². The molecule has 0 saturated carbocycles. The van der Waals surface area contributed by atoms with Gasteiger partial charge in [-0.05, 0) is 13.3 Å². The summed E-state index contributed by atoms with van der Waals surface area (Å²) >= 11 is 0. The molecule has 0 spiro atoms. The third kappa shape index (κ3) is 1.01. The molecule has 0 aromatic heterocycles. The molecule has 1 fully saturated rings. The number of hydrogen-bond acceptors (Lipinski definition) is 2. The predicted octanol–water partition coefficient (Wildman–Crippen LogP) is 0.404. The summed E-state index contributed by atoms with van der Waals surface area (Å²) in [6.45, 7) is 3.11. The Bertz CT molecular complexity index is 72.9. The lowest BCUT2D eigenvalue weighted by atomic mass is 10.1. The zero-order valence-electron chi connectivity index (χ0n) is 5.13. The van der Waals surface area contributed by atoms with E-state index in [1.54, 1.807) is 0 Å². The van der Waals surface area contributed by atoms with Gasteiger partial charge in [0.25, 0.3) is 0 Å². The van der Waals surface area contributed by atoms with Crippen molar-refractivity contribution in [2.75, 3.05) is 13.2 Å². The molecular formula is C6H12O2. The van der Waals surface area contributed by atoms with Gasteiger partial charge >= 0.3 is 0 Å². The van der Waals surface area contributed by atoms with Crippen molar-refractivity contribution in [3.05, 3.63) is 0 Å². The lowest BCUT2D eigenvalue weighted by molar-refractivity contribution is 0.0863. The Morgan fingerprint density at radius 2 is 2.50 bits per heavy atom. The van der Waals surface area contributed by atoms with E-state index in [1.165, 1.54) is 0 Å². The van der Waals surface area contributed by atoms with E-state index in [4.69, 9.17) is 9.84 Å². The molecule has 0 amide bonds. The first kappa shape index (κ1) is 6.05. The second-order valence-electron chi connectivity index (χ2n) is 2.31. The number of aliphatic hydroxyl groups is 1. The zero-order valence-corrected chi connectivity index (χ0v) is 5.13. The van der Waals surface area contributed by atoms with E-state index in [2.05, 4.69) is 0 Å². The molecule has 2 atom stereocenters. The third-order valence-corrected chi connectivity index (χ3v) is 1.77. The summed E-state index contributed by atoms with van der Waals surface area (Å²) in [4.78, 5) is 0. The summed E-state index contributed by atoms with van der Waals surface area (Å²) in [6.07, 6.45) is 1.30. The highest BCUT2D eigenvalue weighted by Gasteiger charge is 2.22. The quantitative estimate of drug-likeness (QED) is 0.537. The van der Waals surface area contributed by atoms with E-state index < -0.39 is 0 Å². The van der Waals surface area contributed by atoms with Gasteiger partial charge in [-0.25, -0.2) is 0 Å². The summed E-state index contributed by atoms with van der Waals surface area (Å²) in [5.74, 6) is 0.398. The number of ether oxygens (including phenoxy) is 1. The molecule has 0 aromatic rings. The second-order valence-corrected chi connectivity index (χ2v) is 2.31. The molecule has 1 N–H and O–H groups in total. The zero-order chi connectivity index (χ0) is 5.98. The highest BCUT2D eigenvalue weighted by atomic mass is 16.5. The van der Waals surface area contributed by atoms with Crippen LogP contribution in [-0.4, -0.2) is 24.4 Å². The van der Waals surface area contributed by atoms with Crippen LogP contribution in [0.4, 0.5) is 0 Å². The van der Waals surface area contributed by atoms with Gasteiger partial charge in [0, 0.05) is 19.1 Å². The Morgan fingerprint density at radius 1 is 1.75 bits per heavy atom. The first-order chi connectivity index (χ1) is 3.84. The Kier molecular flexibility index (Phi) is 1.86. The van der Waals surface area contributed by atoms with Crippen LogP contribution in [0.3, 0.4) is 0 Å². The minimum Gasteiger partial charge on any atom is -0.396 e. The number of rotatable bonds is 1. The van der Waals surface area contributed by atoms with Crippen molar-refractivity contribution in [3.63, 3.8) is 0 Å². The Hall–Kier alpha value is -0.0800. The van der Waals surface area contributed by atoms with E-state index in [0.717, 1.165) is 13.0 Å². The molecule has 2 heteroatoms. The predicted molar refractivity (Wildman–Crippen MR) is 30.6 cm³/mol. The largest absolute Gasteiger partial charge is 0.396 e. The average Bonchev–Trinajstić information content (AvgIpc) is 2.14. The van der Waals surface area contributed by atoms with Gasteiger partial charge < -0.3 is 9.84 Å². The Labute approximate surface area is 49.5 Å². The molecule has 2 unspecified atom stereocenters. The SMILES string of the molecule is CC1OCCC1CO. The minimum atomic E-state index is 0.278. The van der Waals surface area contributed by atoms with Crippen molar-refractivity contribution in [2.24, 2.45) is 5.92 Å². The fourth-order valence-electron chi connectivity index (χ4n) is 1.02. The maximum Gasteiger partial charge on any atom is 0.0597 e. The lowest BCUT2D eigenvalue weighted by Crippen LogP contribution is -2.14. The van der Waals surface area contributed by atoms with Gasteiger partial charge in [0.1, 0.15) is 0 Å². The summed E-state index contributed by atoms with van der Waals surface area (Å²) in [5.41, 5.74) is 0. The van der Waals surface area contributed by atoms with E-state index in [9.17, 15) is 0 Å². The van der Waals surface area contributed by atoms with Crippen molar-refractivity contribution in [1.82, 2.24) is 0 Å². The summed E-state index contributed by atoms with van der Waals surface area (Å²) in [5, 5.41) is 8.66. The van der Waals surface area contributed by atoms with Crippen LogP contribution in [0, 0.1) is 5.92 Å². The maximum absolute atomic E-state index is 8.66. The molecular weight excluding hydrogens is 104 g/mol. The first-order valence-electron chi connectivity index (χ1n) is 3.07. The molecule has 8 heavy (non-hydrogen) atoms. The molecule has 48 valence electrons. The van der Waals surface area contributed by atoms with Crippen LogP contribution in [-0.2, 0) is 4.74 Å². The Balaban J connectivity index is 2.30. The standard InChI is InChI=1S/C6H12O2/c1-5-6(4-7)2-3-8-5/h5-7H,2-4H2,1H3. The third-order valence-electron chi connectivity index (χ3n) is 1.77. The van der Waals surface area contributed by atoms with Crippen molar-refractivity contribution < 1.29 is 9.84 Å². The van der Waals surface area contributed by atoms with Gasteiger partial charge in [-0.1, -0.05) is 0 Å². The van der Waals surface area contributed by atoms with Crippen LogP contribution in [0.5, 0.6) is 0 Å². The smallest absolute Gasteiger partial charge is 0.0597 e. The molecule has 1 aliphatic rings. The first-order valence-corrected chi connectivity index (χ1v) is 3.07. The van der Waals surface area contributed by atoms with E-state index >= 15 is 0 Å². The maximum atomic E-state index is 8.66. The van der Waals surface area contributed by atoms with Crippen LogP contribution in [0.15, 0.2) is 0 Å². The molecule has 2 nitrogen and oxygen atoms in total. The molecule has 1 aliphatic heterocycles. The molecule has 0 radical (unpaired) electrons. The van der Waals surface area contributed by atoms with Gasteiger partial charge in [0.05, 0.1) is 6.10 Å². The summed E-state index contributed by atoms with van der Waals surface area (Å²) < 4.78 is 5.20. The minimum absolute atomic E-state index is 0.278. The molecule has 0 aliphatic carbocycles. The van der Waals surface area contributed by atoms with Gasteiger partial charge in [0.15, 0.2) is 0 Å². The van der Waals surface area contributed by atoms with Crippen molar-refractivity contribution in [3.8, 4) is 0 Å². The van der Waals surface area contributed by atoms with E-state index in [0.29, 0.717) is 5.92 Å². The highest BCUT2D eigenvalue weighted by molar-refractivity contribution is 4.70. The molecule has 0 aromatic carbocycles. The van der Waals surface area contributed by atoms with Crippen LogP contribution >= 0.6 is 0 Å². The van der Waals surface area contributed by atoms with Crippen molar-refractivity contribution in [1.29, 1.82) is 0 Å². The Morgan fingerprint density at radius 3 is 2.75 bits per heavy atom. The fraction of sp³-hybridized carbons (Fsp3) is 1.00. The van der Waals surface area contributed by atoms with Crippen molar-refractivity contribution >= 4 is 0 Å². The highest BCUT2D eigenvalue weighted by Crippen LogP contribution is 2.18. The molecule has 1 saturated heterocycles. The van der Waals surface area contributed by atoms with Gasteiger partial charge in [-0.15, -0.1) is 0 Å². The van der Waals surface area contributed by atoms with Crippen LogP contribution in [0.25, 0.3) is 0 Å². The fourth-order valence-corrected chi connectivity index (χ4v) is 1.02. The lowest BCUT2D eigenvalue weighted by Gasteiger charge is -2.08. The van der Waals surface area contributed by atoms with Gasteiger partial charge in [-0.3, -0.25) is 0 Å². The average molecular weight is 116 g/mol. The molecule has 1 rings (SSSR count). The molecule has 1 heterocycles. The molecule has 0 bridgehead atoms.